The van der Waals surface area contributed by atoms with E-state index in [0.29, 0.717) is 24.5 Å². The number of aromatic hydroxyl groups is 1. The number of carbonyl (C=O) groups is 2. The summed E-state index contributed by atoms with van der Waals surface area (Å²) in [4.78, 5) is 28.1. The summed E-state index contributed by atoms with van der Waals surface area (Å²) in [5.41, 5.74) is 0.920. The number of carbonyl (C=O) groups excluding carboxylic acids is 2. The third kappa shape index (κ3) is 3.01. The van der Waals surface area contributed by atoms with Crippen LogP contribution in [0.1, 0.15) is 38.9 Å². The van der Waals surface area contributed by atoms with Crippen LogP contribution in [0.5, 0.6) is 11.5 Å². The number of rotatable bonds is 3. The Morgan fingerprint density at radius 1 is 1.38 bits per heavy atom. The summed E-state index contributed by atoms with van der Waals surface area (Å²) in [6.45, 7) is 0.482. The number of aromatic nitrogens is 1. The Morgan fingerprint density at radius 3 is 2.96 bits per heavy atom. The van der Waals surface area contributed by atoms with Crippen molar-refractivity contribution in [3.63, 3.8) is 0 Å². The first kappa shape index (κ1) is 15.8. The molecule has 3 rings (SSSR count). The number of esters is 1. The smallest absolute Gasteiger partial charge is 0.341 e. The van der Waals surface area contributed by atoms with Gasteiger partial charge >= 0.3 is 5.97 Å². The van der Waals surface area contributed by atoms with Gasteiger partial charge in [0.2, 0.25) is 0 Å². The molecule has 0 radical (unpaired) electrons. The molecular formula is C17H16N2O5. The third-order valence-electron chi connectivity index (χ3n) is 3.76. The first-order valence-electron chi connectivity index (χ1n) is 7.40. The van der Waals surface area contributed by atoms with Crippen LogP contribution < -0.4 is 10.1 Å². The molecule has 1 aliphatic rings. The summed E-state index contributed by atoms with van der Waals surface area (Å²) >= 11 is 0. The standard InChI is InChI=1S/C17H16N2O5/c1-23-17(22)11-5-4-10(9-13(11)20)16(21)19-12-6-8-24-14-3-2-7-18-15(12)14/h2-5,7,9,12,20H,6,8H2,1H3,(H,19,21). The van der Waals surface area contributed by atoms with Crippen molar-refractivity contribution < 1.29 is 24.2 Å². The van der Waals surface area contributed by atoms with Crippen LogP contribution in [0.3, 0.4) is 0 Å². The van der Waals surface area contributed by atoms with Crippen molar-refractivity contribution in [2.75, 3.05) is 13.7 Å². The van der Waals surface area contributed by atoms with E-state index in [1.807, 2.05) is 0 Å². The lowest BCUT2D eigenvalue weighted by atomic mass is 10.0. The lowest BCUT2D eigenvalue weighted by Crippen LogP contribution is -2.32. The van der Waals surface area contributed by atoms with E-state index in [0.717, 1.165) is 0 Å². The zero-order valence-electron chi connectivity index (χ0n) is 13.0. The number of phenols is 1. The van der Waals surface area contributed by atoms with Crippen LogP contribution in [0.4, 0.5) is 0 Å². The fraction of sp³-hybridized carbons (Fsp3) is 0.235. The maximum absolute atomic E-state index is 12.4. The number of ether oxygens (including phenoxy) is 2. The molecule has 7 heteroatoms. The van der Waals surface area contributed by atoms with E-state index in [1.165, 1.54) is 25.3 Å². The van der Waals surface area contributed by atoms with Crippen LogP contribution in [-0.2, 0) is 4.74 Å². The van der Waals surface area contributed by atoms with Gasteiger partial charge in [-0.3, -0.25) is 9.78 Å². The number of nitrogens with zero attached hydrogens (tertiary/aromatic N) is 1. The highest BCUT2D eigenvalue weighted by Crippen LogP contribution is 2.30. The van der Waals surface area contributed by atoms with E-state index in [2.05, 4.69) is 15.0 Å². The van der Waals surface area contributed by atoms with Crippen molar-refractivity contribution in [3.8, 4) is 11.5 Å². The van der Waals surface area contributed by atoms with E-state index in [9.17, 15) is 14.7 Å². The van der Waals surface area contributed by atoms with Crippen molar-refractivity contribution in [2.24, 2.45) is 0 Å². The molecule has 0 saturated heterocycles. The molecule has 1 aromatic carbocycles. The van der Waals surface area contributed by atoms with Gasteiger partial charge in [-0.05, 0) is 30.3 Å². The van der Waals surface area contributed by atoms with Gasteiger partial charge in [0.1, 0.15) is 22.8 Å². The minimum Gasteiger partial charge on any atom is -0.507 e. The Morgan fingerprint density at radius 2 is 2.21 bits per heavy atom. The number of amides is 1. The molecule has 0 bridgehead atoms. The van der Waals surface area contributed by atoms with Crippen LogP contribution in [0, 0.1) is 0 Å². The quantitative estimate of drug-likeness (QED) is 0.834. The fourth-order valence-corrected chi connectivity index (χ4v) is 2.55. The second-order valence-electron chi connectivity index (χ2n) is 5.27. The van der Waals surface area contributed by atoms with Gasteiger partial charge in [0.05, 0.1) is 19.8 Å². The van der Waals surface area contributed by atoms with E-state index < -0.39 is 5.97 Å². The number of hydrogen-bond acceptors (Lipinski definition) is 6. The first-order valence-corrected chi connectivity index (χ1v) is 7.40. The van der Waals surface area contributed by atoms with Gasteiger partial charge in [0, 0.05) is 18.2 Å². The largest absolute Gasteiger partial charge is 0.507 e. The second-order valence-corrected chi connectivity index (χ2v) is 5.27. The van der Waals surface area contributed by atoms with Crippen LogP contribution >= 0.6 is 0 Å². The maximum atomic E-state index is 12.4. The summed E-state index contributed by atoms with van der Waals surface area (Å²) in [6.07, 6.45) is 2.24. The van der Waals surface area contributed by atoms with Gasteiger partial charge in [-0.15, -0.1) is 0 Å². The van der Waals surface area contributed by atoms with Crippen molar-refractivity contribution in [3.05, 3.63) is 53.3 Å². The molecule has 1 atom stereocenters. The Balaban J connectivity index is 1.79. The minimum absolute atomic E-state index is 0.00660. The molecule has 0 saturated carbocycles. The van der Waals surface area contributed by atoms with Gasteiger partial charge in [0.15, 0.2) is 0 Å². The molecule has 0 aliphatic carbocycles. The van der Waals surface area contributed by atoms with E-state index in [1.54, 1.807) is 18.3 Å². The molecule has 124 valence electrons. The topological polar surface area (TPSA) is 97.8 Å². The highest BCUT2D eigenvalue weighted by atomic mass is 16.5. The normalized spacial score (nSPS) is 15.8. The second kappa shape index (κ2) is 6.57. The Labute approximate surface area is 138 Å². The average molecular weight is 328 g/mol. The highest BCUT2D eigenvalue weighted by molar-refractivity contribution is 5.98. The van der Waals surface area contributed by atoms with Crippen LogP contribution in [0.2, 0.25) is 0 Å². The van der Waals surface area contributed by atoms with Gasteiger partial charge in [-0.1, -0.05) is 0 Å². The molecule has 0 fully saturated rings. The van der Waals surface area contributed by atoms with E-state index >= 15 is 0 Å². The highest BCUT2D eigenvalue weighted by Gasteiger charge is 2.25. The molecule has 1 amide bonds. The van der Waals surface area contributed by atoms with Crippen LogP contribution in [-0.4, -0.2) is 35.7 Å². The molecular weight excluding hydrogens is 312 g/mol. The number of hydrogen-bond donors (Lipinski definition) is 2. The molecule has 1 aromatic heterocycles. The minimum atomic E-state index is -0.665. The van der Waals surface area contributed by atoms with Crippen molar-refractivity contribution >= 4 is 11.9 Å². The first-order chi connectivity index (χ1) is 11.6. The summed E-state index contributed by atoms with van der Waals surface area (Å²) in [5, 5.41) is 12.8. The van der Waals surface area contributed by atoms with Crippen molar-refractivity contribution in [2.45, 2.75) is 12.5 Å². The summed E-state index contributed by atoms with van der Waals surface area (Å²) in [6, 6.07) is 7.35. The molecule has 2 N–H and O–H groups in total. The van der Waals surface area contributed by atoms with E-state index in [-0.39, 0.29) is 28.8 Å². The molecule has 7 nitrogen and oxygen atoms in total. The van der Waals surface area contributed by atoms with Crippen molar-refractivity contribution in [1.82, 2.24) is 10.3 Å². The zero-order chi connectivity index (χ0) is 17.1. The lowest BCUT2D eigenvalue weighted by molar-refractivity contribution is 0.0597. The number of pyridine rings is 1. The van der Waals surface area contributed by atoms with Gasteiger partial charge in [-0.2, -0.15) is 0 Å². The van der Waals surface area contributed by atoms with Crippen molar-refractivity contribution in [1.29, 1.82) is 0 Å². The van der Waals surface area contributed by atoms with Gasteiger partial charge in [-0.25, -0.2) is 4.79 Å². The number of methoxy groups -OCH3 is 1. The molecule has 2 heterocycles. The van der Waals surface area contributed by atoms with E-state index in [4.69, 9.17) is 4.74 Å². The lowest BCUT2D eigenvalue weighted by Gasteiger charge is -2.25. The number of benzene rings is 1. The summed E-state index contributed by atoms with van der Waals surface area (Å²) in [5.74, 6) is -0.690. The predicted octanol–water partition coefficient (Wildman–Crippen LogP) is 1.83. The van der Waals surface area contributed by atoms with Crippen LogP contribution in [0.15, 0.2) is 36.5 Å². The van der Waals surface area contributed by atoms with Gasteiger partial charge < -0.3 is 19.9 Å². The number of fused-ring (bicyclic) bond motifs is 1. The third-order valence-corrected chi connectivity index (χ3v) is 3.76. The monoisotopic (exact) mass is 328 g/mol. The Kier molecular flexibility index (Phi) is 4.33. The SMILES string of the molecule is COC(=O)c1ccc(C(=O)NC2CCOc3cccnc32)cc1O. The summed E-state index contributed by atoms with van der Waals surface area (Å²) in [7, 11) is 1.22. The maximum Gasteiger partial charge on any atom is 0.341 e. The zero-order valence-corrected chi connectivity index (χ0v) is 13.0. The summed E-state index contributed by atoms with van der Waals surface area (Å²) < 4.78 is 10.1. The fourth-order valence-electron chi connectivity index (χ4n) is 2.55. The molecule has 0 spiro atoms. The van der Waals surface area contributed by atoms with Crippen LogP contribution in [0.25, 0.3) is 0 Å². The Bertz CT molecular complexity index is 790. The Hall–Kier alpha value is -3.09. The van der Waals surface area contributed by atoms with Gasteiger partial charge in [0.25, 0.3) is 5.91 Å². The predicted molar refractivity (Wildman–Crippen MR) is 84.0 cm³/mol. The molecule has 2 aromatic rings. The average Bonchev–Trinajstić information content (AvgIpc) is 2.61. The number of nitrogens with one attached hydrogen (secondary N) is 1. The molecule has 1 aliphatic heterocycles. The molecule has 24 heavy (non-hydrogen) atoms. The number of phenolic OH excluding ortho intramolecular Hbond substituents is 1. The molecule has 1 unspecified atom stereocenters.